The average molecular weight is 349 g/mol. The minimum atomic E-state index is 0.842. The Labute approximate surface area is 159 Å². The normalized spacial score (nSPS) is 11.6. The van der Waals surface area contributed by atoms with E-state index < -0.39 is 0 Å². The number of hydrogen-bond donors (Lipinski definition) is 0. The molecule has 0 spiro atoms. The van der Waals surface area contributed by atoms with Crippen LogP contribution in [0.5, 0.6) is 11.5 Å². The van der Waals surface area contributed by atoms with E-state index in [1.165, 1.54) is 22.3 Å². The van der Waals surface area contributed by atoms with Crippen LogP contribution in [0.4, 0.5) is 0 Å². The van der Waals surface area contributed by atoms with Crippen LogP contribution in [0.25, 0.3) is 33.5 Å². The van der Waals surface area contributed by atoms with Crippen LogP contribution in [0, 0.1) is 13.8 Å². The quantitative estimate of drug-likeness (QED) is 0.332. The van der Waals surface area contributed by atoms with E-state index in [4.69, 9.17) is 4.74 Å². The van der Waals surface area contributed by atoms with Crippen LogP contribution in [-0.2, 0) is 0 Å². The van der Waals surface area contributed by atoms with Gasteiger partial charge in [-0.25, -0.2) is 0 Å². The SMILES string of the molecule is Cc1cccc(C)c1-c1ccc2c(c1)Oc1ccccc1-c1ncccc1-2. The Balaban J connectivity index is 1.77. The van der Waals surface area contributed by atoms with Crippen LogP contribution in [0.3, 0.4) is 0 Å². The van der Waals surface area contributed by atoms with Gasteiger partial charge in [0.15, 0.2) is 0 Å². The molecule has 0 atom stereocenters. The van der Waals surface area contributed by atoms with Crippen molar-refractivity contribution in [1.82, 2.24) is 4.98 Å². The van der Waals surface area contributed by atoms with E-state index in [1.54, 1.807) is 0 Å². The Morgan fingerprint density at radius 3 is 2.30 bits per heavy atom. The molecule has 1 aromatic heterocycles. The van der Waals surface area contributed by atoms with Crippen LogP contribution in [0.1, 0.15) is 11.1 Å². The van der Waals surface area contributed by atoms with Gasteiger partial charge in [-0.15, -0.1) is 0 Å². The van der Waals surface area contributed by atoms with Crippen molar-refractivity contribution < 1.29 is 4.74 Å². The number of pyridine rings is 1. The molecule has 2 heteroatoms. The predicted octanol–water partition coefficient (Wildman–Crippen LogP) is 6.81. The van der Waals surface area contributed by atoms with Gasteiger partial charge in [0, 0.05) is 22.9 Å². The van der Waals surface area contributed by atoms with Gasteiger partial charge in [0.2, 0.25) is 0 Å². The van der Waals surface area contributed by atoms with Gasteiger partial charge in [-0.05, 0) is 66.4 Å². The van der Waals surface area contributed by atoms with Crippen molar-refractivity contribution in [2.75, 3.05) is 0 Å². The third-order valence-electron chi connectivity index (χ3n) is 5.21. The van der Waals surface area contributed by atoms with E-state index in [1.807, 2.05) is 30.5 Å². The van der Waals surface area contributed by atoms with E-state index >= 15 is 0 Å². The first-order valence-corrected chi connectivity index (χ1v) is 9.15. The summed E-state index contributed by atoms with van der Waals surface area (Å²) in [4.78, 5) is 4.65. The number of ether oxygens (including phenoxy) is 1. The molecule has 0 unspecified atom stereocenters. The lowest BCUT2D eigenvalue weighted by Crippen LogP contribution is -1.91. The molecule has 2 nitrogen and oxygen atoms in total. The Bertz CT molecular complexity index is 1160. The van der Waals surface area contributed by atoms with Crippen molar-refractivity contribution in [2.45, 2.75) is 13.8 Å². The van der Waals surface area contributed by atoms with E-state index in [0.717, 1.165) is 33.9 Å². The molecule has 2 heterocycles. The first-order chi connectivity index (χ1) is 13.2. The van der Waals surface area contributed by atoms with Crippen LogP contribution in [0.15, 0.2) is 79.0 Å². The fourth-order valence-corrected chi connectivity index (χ4v) is 3.96. The maximum absolute atomic E-state index is 6.39. The molecule has 0 saturated carbocycles. The molecule has 0 bridgehead atoms. The maximum Gasteiger partial charge on any atom is 0.136 e. The monoisotopic (exact) mass is 349 g/mol. The van der Waals surface area contributed by atoms with Gasteiger partial charge in [-0.1, -0.05) is 42.5 Å². The summed E-state index contributed by atoms with van der Waals surface area (Å²) in [7, 11) is 0. The zero-order valence-corrected chi connectivity index (χ0v) is 15.4. The summed E-state index contributed by atoms with van der Waals surface area (Å²) < 4.78 is 6.39. The number of fused-ring (bicyclic) bond motifs is 5. The Morgan fingerprint density at radius 2 is 1.44 bits per heavy atom. The fraction of sp³-hybridized carbons (Fsp3) is 0.0800. The lowest BCUT2D eigenvalue weighted by molar-refractivity contribution is 0.488. The summed E-state index contributed by atoms with van der Waals surface area (Å²) >= 11 is 0. The molecule has 0 saturated heterocycles. The highest BCUT2D eigenvalue weighted by molar-refractivity contribution is 5.89. The highest BCUT2D eigenvalue weighted by atomic mass is 16.5. The standard InChI is InChI=1S/C25H19NO/c1-16-7-5-8-17(2)24(16)18-12-13-19-20-10-6-14-26-25(20)21-9-3-4-11-22(21)27-23(19)15-18/h3-15H,1-2H3. The van der Waals surface area contributed by atoms with Crippen LogP contribution in [-0.4, -0.2) is 4.98 Å². The molecule has 3 aromatic carbocycles. The molecule has 4 aromatic rings. The molecular formula is C25H19NO. The third kappa shape index (κ3) is 2.53. The molecule has 0 radical (unpaired) electrons. The van der Waals surface area contributed by atoms with E-state index in [9.17, 15) is 0 Å². The Kier molecular flexibility index (Phi) is 3.58. The summed E-state index contributed by atoms with van der Waals surface area (Å²) in [6, 6.07) is 25.1. The molecule has 0 aliphatic carbocycles. The predicted molar refractivity (Wildman–Crippen MR) is 110 cm³/mol. The topological polar surface area (TPSA) is 22.1 Å². The van der Waals surface area contributed by atoms with Gasteiger partial charge >= 0.3 is 0 Å². The summed E-state index contributed by atoms with van der Waals surface area (Å²) in [5, 5.41) is 0. The molecule has 1 aliphatic rings. The van der Waals surface area contributed by atoms with Gasteiger partial charge < -0.3 is 4.74 Å². The van der Waals surface area contributed by atoms with Crippen molar-refractivity contribution >= 4 is 0 Å². The number of rotatable bonds is 1. The van der Waals surface area contributed by atoms with Gasteiger partial charge in [-0.2, -0.15) is 0 Å². The summed E-state index contributed by atoms with van der Waals surface area (Å²) in [6.07, 6.45) is 1.84. The number of benzene rings is 3. The molecule has 5 rings (SSSR count). The van der Waals surface area contributed by atoms with Crippen molar-refractivity contribution in [2.24, 2.45) is 0 Å². The summed E-state index contributed by atoms with van der Waals surface area (Å²) in [6.45, 7) is 4.31. The zero-order chi connectivity index (χ0) is 18.4. The van der Waals surface area contributed by atoms with Crippen molar-refractivity contribution in [3.63, 3.8) is 0 Å². The molecule has 0 N–H and O–H groups in total. The number of aromatic nitrogens is 1. The first-order valence-electron chi connectivity index (χ1n) is 9.15. The highest BCUT2D eigenvalue weighted by Gasteiger charge is 2.22. The fourth-order valence-electron chi connectivity index (χ4n) is 3.96. The van der Waals surface area contributed by atoms with E-state index in [0.29, 0.717) is 0 Å². The van der Waals surface area contributed by atoms with Gasteiger partial charge in [0.05, 0.1) is 5.69 Å². The Hall–Kier alpha value is -3.39. The van der Waals surface area contributed by atoms with Gasteiger partial charge in [0.25, 0.3) is 0 Å². The molecule has 27 heavy (non-hydrogen) atoms. The molecule has 0 fully saturated rings. The third-order valence-corrected chi connectivity index (χ3v) is 5.21. The van der Waals surface area contributed by atoms with E-state index in [2.05, 4.69) is 67.4 Å². The Morgan fingerprint density at radius 1 is 0.667 bits per heavy atom. The number of nitrogens with zero attached hydrogens (tertiary/aromatic N) is 1. The van der Waals surface area contributed by atoms with Crippen LogP contribution < -0.4 is 4.74 Å². The molecule has 1 aliphatic heterocycles. The van der Waals surface area contributed by atoms with Crippen molar-refractivity contribution in [3.05, 3.63) is 90.1 Å². The largest absolute Gasteiger partial charge is 0.456 e. The second kappa shape index (κ2) is 6.10. The summed E-state index contributed by atoms with van der Waals surface area (Å²) in [5.74, 6) is 1.71. The molecule has 130 valence electrons. The molecule has 0 amide bonds. The first kappa shape index (κ1) is 15.8. The van der Waals surface area contributed by atoms with Crippen LogP contribution >= 0.6 is 0 Å². The minimum Gasteiger partial charge on any atom is -0.456 e. The lowest BCUT2D eigenvalue weighted by Gasteiger charge is -2.14. The van der Waals surface area contributed by atoms with E-state index in [-0.39, 0.29) is 0 Å². The summed E-state index contributed by atoms with van der Waals surface area (Å²) in [5.41, 5.74) is 9.15. The number of aryl methyl sites for hydroxylation is 2. The zero-order valence-electron chi connectivity index (χ0n) is 15.4. The average Bonchev–Trinajstić information content (AvgIpc) is 2.82. The van der Waals surface area contributed by atoms with Crippen molar-refractivity contribution in [1.29, 1.82) is 0 Å². The molecular weight excluding hydrogens is 330 g/mol. The minimum absolute atomic E-state index is 0.842. The van der Waals surface area contributed by atoms with Gasteiger partial charge in [0.1, 0.15) is 11.5 Å². The number of hydrogen-bond acceptors (Lipinski definition) is 2. The highest BCUT2D eigenvalue weighted by Crippen LogP contribution is 2.46. The smallest absolute Gasteiger partial charge is 0.136 e. The lowest BCUT2D eigenvalue weighted by atomic mass is 9.93. The van der Waals surface area contributed by atoms with Gasteiger partial charge in [-0.3, -0.25) is 4.98 Å². The van der Waals surface area contributed by atoms with Crippen LogP contribution in [0.2, 0.25) is 0 Å². The second-order valence-electron chi connectivity index (χ2n) is 6.98. The van der Waals surface area contributed by atoms with Crippen molar-refractivity contribution in [3.8, 4) is 45.0 Å². The number of para-hydroxylation sites is 1. The second-order valence-corrected chi connectivity index (χ2v) is 6.98. The maximum atomic E-state index is 6.39.